The lowest BCUT2D eigenvalue weighted by Gasteiger charge is -2.14. The number of amides is 1. The Morgan fingerprint density at radius 3 is 2.82 bits per heavy atom. The molecule has 0 unspecified atom stereocenters. The Morgan fingerprint density at radius 2 is 2.09 bits per heavy atom. The lowest BCUT2D eigenvalue weighted by molar-refractivity contribution is -0.129. The van der Waals surface area contributed by atoms with Crippen LogP contribution in [0.4, 0.5) is 0 Å². The Bertz CT molecular complexity index is 703. The van der Waals surface area contributed by atoms with Gasteiger partial charge in [0.2, 0.25) is 0 Å². The molecule has 0 aliphatic heterocycles. The Hall–Kier alpha value is -2.14. The van der Waals surface area contributed by atoms with Crippen LogP contribution in [0.15, 0.2) is 30.3 Å². The normalized spacial score (nSPS) is 12.0. The van der Waals surface area contributed by atoms with E-state index in [-0.39, 0.29) is 11.1 Å². The summed E-state index contributed by atoms with van der Waals surface area (Å²) in [5, 5.41) is 3.52. The number of carbonyl (C=O) groups is 2. The second-order valence-corrected chi connectivity index (χ2v) is 5.24. The van der Waals surface area contributed by atoms with Crippen LogP contribution in [0, 0.1) is 0 Å². The molecule has 0 fully saturated rings. The number of nitrogens with one attached hydrogen (secondary N) is 1. The van der Waals surface area contributed by atoms with Crippen LogP contribution in [0.25, 0.3) is 10.9 Å². The summed E-state index contributed by atoms with van der Waals surface area (Å²) in [4.78, 5) is 28.2. The number of fused-ring (bicyclic) bond motifs is 1. The Labute approximate surface area is 133 Å². The number of aromatic nitrogens is 1. The van der Waals surface area contributed by atoms with Crippen molar-refractivity contribution in [2.45, 2.75) is 26.4 Å². The second kappa shape index (κ2) is 7.22. The molecule has 1 aromatic heterocycles. The molecule has 1 atom stereocenters. The molecule has 1 heterocycles. The number of ether oxygens (including phenoxy) is 1. The Kier molecular flexibility index (Phi) is 5.33. The van der Waals surface area contributed by atoms with E-state index in [2.05, 4.69) is 10.3 Å². The molecule has 22 heavy (non-hydrogen) atoms. The van der Waals surface area contributed by atoms with Crippen molar-refractivity contribution in [1.82, 2.24) is 10.3 Å². The summed E-state index contributed by atoms with van der Waals surface area (Å²) in [6.45, 7) is 4.03. The van der Waals surface area contributed by atoms with Gasteiger partial charge in [-0.1, -0.05) is 36.7 Å². The first-order chi connectivity index (χ1) is 10.5. The van der Waals surface area contributed by atoms with E-state index in [0.29, 0.717) is 23.0 Å². The van der Waals surface area contributed by atoms with Crippen molar-refractivity contribution >= 4 is 34.4 Å². The minimum absolute atomic E-state index is 0.203. The van der Waals surface area contributed by atoms with Gasteiger partial charge in [-0.3, -0.25) is 4.79 Å². The molecule has 1 amide bonds. The first-order valence-electron chi connectivity index (χ1n) is 7.07. The monoisotopic (exact) mass is 320 g/mol. The average Bonchev–Trinajstić information content (AvgIpc) is 2.51. The van der Waals surface area contributed by atoms with Gasteiger partial charge in [-0.15, -0.1) is 0 Å². The van der Waals surface area contributed by atoms with Crippen LogP contribution in [-0.4, -0.2) is 29.5 Å². The van der Waals surface area contributed by atoms with Crippen molar-refractivity contribution in [3.63, 3.8) is 0 Å². The van der Waals surface area contributed by atoms with Crippen LogP contribution in [0.3, 0.4) is 0 Å². The van der Waals surface area contributed by atoms with Gasteiger partial charge in [0.15, 0.2) is 6.10 Å². The highest BCUT2D eigenvalue weighted by Crippen LogP contribution is 2.21. The average molecular weight is 321 g/mol. The standard InChI is InChI=1S/C16H17ClN2O3/c1-3-8-18-15(20)10(2)22-16(21)12-9-14(17)19-13-7-5-4-6-11(12)13/h4-7,9-10H,3,8H2,1-2H3,(H,18,20)/t10-/m1/s1. The number of nitrogens with zero attached hydrogens (tertiary/aromatic N) is 1. The minimum Gasteiger partial charge on any atom is -0.449 e. The zero-order valence-electron chi connectivity index (χ0n) is 12.4. The molecular formula is C16H17ClN2O3. The maximum Gasteiger partial charge on any atom is 0.339 e. The van der Waals surface area contributed by atoms with Crippen LogP contribution in [-0.2, 0) is 9.53 Å². The molecule has 2 rings (SSSR count). The summed E-state index contributed by atoms with van der Waals surface area (Å²) < 4.78 is 5.22. The van der Waals surface area contributed by atoms with Crippen LogP contribution in [0.1, 0.15) is 30.6 Å². The fourth-order valence-electron chi connectivity index (χ4n) is 1.98. The van der Waals surface area contributed by atoms with Crippen LogP contribution >= 0.6 is 11.6 Å². The highest BCUT2D eigenvalue weighted by atomic mass is 35.5. The number of carbonyl (C=O) groups excluding carboxylic acids is 2. The predicted octanol–water partition coefficient (Wildman–Crippen LogP) is 2.96. The molecular weight excluding hydrogens is 304 g/mol. The first kappa shape index (κ1) is 16.2. The van der Waals surface area contributed by atoms with Gasteiger partial charge in [-0.25, -0.2) is 9.78 Å². The van der Waals surface area contributed by atoms with E-state index in [1.165, 1.54) is 13.0 Å². The molecule has 6 heteroatoms. The van der Waals surface area contributed by atoms with Crippen molar-refractivity contribution in [3.8, 4) is 0 Å². The third-order valence-corrected chi connectivity index (χ3v) is 3.30. The molecule has 0 spiro atoms. The van der Waals surface area contributed by atoms with E-state index < -0.39 is 12.1 Å². The number of pyridine rings is 1. The fraction of sp³-hybridized carbons (Fsp3) is 0.312. The van der Waals surface area contributed by atoms with Gasteiger partial charge in [0.25, 0.3) is 5.91 Å². The van der Waals surface area contributed by atoms with E-state index in [1.807, 2.05) is 13.0 Å². The Balaban J connectivity index is 2.21. The lowest BCUT2D eigenvalue weighted by Crippen LogP contribution is -2.36. The molecule has 2 aromatic rings. The van der Waals surface area contributed by atoms with E-state index in [4.69, 9.17) is 16.3 Å². The quantitative estimate of drug-likeness (QED) is 0.679. The zero-order valence-corrected chi connectivity index (χ0v) is 13.2. The molecule has 0 saturated heterocycles. The molecule has 0 bridgehead atoms. The van der Waals surface area contributed by atoms with Gasteiger partial charge in [-0.05, 0) is 25.5 Å². The summed E-state index contributed by atoms with van der Waals surface area (Å²) in [6, 6.07) is 8.57. The highest BCUT2D eigenvalue weighted by Gasteiger charge is 2.20. The van der Waals surface area contributed by atoms with Crippen molar-refractivity contribution < 1.29 is 14.3 Å². The predicted molar refractivity (Wildman–Crippen MR) is 84.9 cm³/mol. The third kappa shape index (κ3) is 3.74. The number of hydrogen-bond acceptors (Lipinski definition) is 4. The van der Waals surface area contributed by atoms with Crippen molar-refractivity contribution in [1.29, 1.82) is 0 Å². The van der Waals surface area contributed by atoms with Crippen LogP contribution < -0.4 is 5.32 Å². The number of benzene rings is 1. The molecule has 5 nitrogen and oxygen atoms in total. The minimum atomic E-state index is -0.871. The summed E-state index contributed by atoms with van der Waals surface area (Å²) in [6.07, 6.45) is -0.0541. The van der Waals surface area contributed by atoms with Gasteiger partial charge in [-0.2, -0.15) is 0 Å². The van der Waals surface area contributed by atoms with Gasteiger partial charge >= 0.3 is 5.97 Å². The summed E-state index contributed by atoms with van der Waals surface area (Å²) in [7, 11) is 0. The maximum absolute atomic E-state index is 12.3. The molecule has 116 valence electrons. The van der Waals surface area contributed by atoms with Gasteiger partial charge in [0.05, 0.1) is 11.1 Å². The number of para-hydroxylation sites is 1. The summed E-state index contributed by atoms with van der Waals surface area (Å²) >= 11 is 5.94. The molecule has 0 radical (unpaired) electrons. The van der Waals surface area contributed by atoms with E-state index in [9.17, 15) is 9.59 Å². The molecule has 1 N–H and O–H groups in total. The number of rotatable bonds is 5. The second-order valence-electron chi connectivity index (χ2n) is 4.85. The van der Waals surface area contributed by atoms with Gasteiger partial charge in [0.1, 0.15) is 5.15 Å². The van der Waals surface area contributed by atoms with Crippen molar-refractivity contribution in [2.75, 3.05) is 6.54 Å². The van der Waals surface area contributed by atoms with Gasteiger partial charge < -0.3 is 10.1 Å². The van der Waals surface area contributed by atoms with Crippen molar-refractivity contribution in [3.05, 3.63) is 41.0 Å². The van der Waals surface area contributed by atoms with E-state index in [1.54, 1.807) is 18.2 Å². The summed E-state index contributed by atoms with van der Waals surface area (Å²) in [5.41, 5.74) is 0.899. The SMILES string of the molecule is CCCNC(=O)[C@@H](C)OC(=O)c1cc(Cl)nc2ccccc12. The molecule has 0 aliphatic carbocycles. The Morgan fingerprint density at radius 1 is 1.36 bits per heavy atom. The highest BCUT2D eigenvalue weighted by molar-refractivity contribution is 6.30. The molecule has 1 aromatic carbocycles. The topological polar surface area (TPSA) is 68.3 Å². The maximum atomic E-state index is 12.3. The van der Waals surface area contributed by atoms with E-state index >= 15 is 0 Å². The van der Waals surface area contributed by atoms with E-state index in [0.717, 1.165) is 6.42 Å². The fourth-order valence-corrected chi connectivity index (χ4v) is 2.18. The van der Waals surface area contributed by atoms with Crippen LogP contribution in [0.2, 0.25) is 5.15 Å². The molecule has 0 aliphatic rings. The zero-order chi connectivity index (χ0) is 16.1. The van der Waals surface area contributed by atoms with Crippen LogP contribution in [0.5, 0.6) is 0 Å². The number of hydrogen-bond donors (Lipinski definition) is 1. The number of halogens is 1. The third-order valence-electron chi connectivity index (χ3n) is 3.11. The largest absolute Gasteiger partial charge is 0.449 e. The number of esters is 1. The summed E-state index contributed by atoms with van der Waals surface area (Å²) in [5.74, 6) is -0.917. The van der Waals surface area contributed by atoms with Gasteiger partial charge in [0, 0.05) is 11.9 Å². The lowest BCUT2D eigenvalue weighted by atomic mass is 10.1. The van der Waals surface area contributed by atoms with Crippen molar-refractivity contribution in [2.24, 2.45) is 0 Å². The molecule has 0 saturated carbocycles. The smallest absolute Gasteiger partial charge is 0.339 e. The first-order valence-corrected chi connectivity index (χ1v) is 7.44.